The molecule has 2 rings (SSSR count). The van der Waals surface area contributed by atoms with Gasteiger partial charge in [-0.2, -0.15) is 0 Å². The van der Waals surface area contributed by atoms with Gasteiger partial charge in [0.25, 0.3) is 5.91 Å². The third-order valence-electron chi connectivity index (χ3n) is 2.17. The average Bonchev–Trinajstić information content (AvgIpc) is 3.13. The lowest BCUT2D eigenvalue weighted by molar-refractivity contribution is -0.125. The van der Waals surface area contributed by atoms with Crippen LogP contribution < -0.4 is 10.9 Å². The summed E-state index contributed by atoms with van der Waals surface area (Å²) in [7, 11) is 0. The van der Waals surface area contributed by atoms with Crippen molar-refractivity contribution in [2.24, 2.45) is 0 Å². The summed E-state index contributed by atoms with van der Waals surface area (Å²) >= 11 is 6.72. The Bertz CT molecular complexity index is 652. The Balaban J connectivity index is 1.72. The third kappa shape index (κ3) is 4.33. The van der Waals surface area contributed by atoms with E-state index in [-0.39, 0.29) is 10.6 Å². The first-order valence-electron chi connectivity index (χ1n) is 5.61. The van der Waals surface area contributed by atoms with Crippen molar-refractivity contribution in [3.8, 4) is 0 Å². The molecule has 0 aliphatic carbocycles. The highest BCUT2D eigenvalue weighted by Gasteiger charge is 2.13. The maximum Gasteiger partial charge on any atom is 0.348 e. The van der Waals surface area contributed by atoms with Crippen LogP contribution in [0.25, 0.3) is 0 Å². The zero-order valence-corrected chi connectivity index (χ0v) is 12.0. The van der Waals surface area contributed by atoms with Gasteiger partial charge in [0, 0.05) is 0 Å². The molecule has 110 valence electrons. The molecule has 0 atom stereocenters. The molecule has 0 aliphatic rings. The maximum atomic E-state index is 11.5. The van der Waals surface area contributed by atoms with Crippen LogP contribution in [-0.4, -0.2) is 24.4 Å². The summed E-state index contributed by atoms with van der Waals surface area (Å²) in [6.45, 7) is -0.535. The fourth-order valence-electron chi connectivity index (χ4n) is 1.26. The summed E-state index contributed by atoms with van der Waals surface area (Å²) in [4.78, 5) is 34.7. The van der Waals surface area contributed by atoms with Gasteiger partial charge in [-0.1, -0.05) is 11.6 Å². The number of esters is 1. The second kappa shape index (κ2) is 6.91. The minimum atomic E-state index is -0.689. The number of nitrogens with one attached hydrogen (secondary N) is 2. The zero-order valence-electron chi connectivity index (χ0n) is 10.4. The fourth-order valence-corrected chi connectivity index (χ4v) is 2.20. The first-order valence-corrected chi connectivity index (χ1v) is 6.81. The normalized spacial score (nSPS) is 9.95. The van der Waals surface area contributed by atoms with Crippen molar-refractivity contribution < 1.29 is 23.5 Å². The van der Waals surface area contributed by atoms with Crippen LogP contribution in [0.3, 0.4) is 0 Å². The number of rotatable bonds is 4. The predicted molar refractivity (Wildman–Crippen MR) is 73.9 cm³/mol. The van der Waals surface area contributed by atoms with E-state index in [1.165, 1.54) is 24.5 Å². The standard InChI is InChI=1S/C12H9ClN2O5S/c13-9-4-3-8(21-9)12(18)20-6-10(16)14-15-11(17)7-2-1-5-19-7/h1-5H,6H2,(H,14,16)(H,15,17). The monoisotopic (exact) mass is 328 g/mol. The quantitative estimate of drug-likeness (QED) is 0.656. The highest BCUT2D eigenvalue weighted by Crippen LogP contribution is 2.21. The minimum Gasteiger partial charge on any atom is -0.459 e. The Morgan fingerprint density at radius 2 is 2.05 bits per heavy atom. The largest absolute Gasteiger partial charge is 0.459 e. The van der Waals surface area contributed by atoms with Gasteiger partial charge in [-0.05, 0) is 24.3 Å². The van der Waals surface area contributed by atoms with Gasteiger partial charge in [-0.15, -0.1) is 11.3 Å². The SMILES string of the molecule is O=C(COC(=O)c1ccc(Cl)s1)NNC(=O)c1ccco1. The molecule has 0 radical (unpaired) electrons. The molecule has 2 N–H and O–H groups in total. The summed E-state index contributed by atoms with van der Waals surface area (Å²) < 4.78 is 10.0. The first-order chi connectivity index (χ1) is 10.1. The molecule has 21 heavy (non-hydrogen) atoms. The molecule has 0 saturated heterocycles. The molecule has 0 fully saturated rings. The Kier molecular flexibility index (Phi) is 4.96. The summed E-state index contributed by atoms with van der Waals surface area (Å²) in [6.07, 6.45) is 1.32. The number of carbonyl (C=O) groups excluding carboxylic acids is 3. The second-order valence-electron chi connectivity index (χ2n) is 3.66. The molecule has 0 bridgehead atoms. The molecule has 0 unspecified atom stereocenters. The number of hydrogen-bond donors (Lipinski definition) is 2. The molecule has 9 heteroatoms. The van der Waals surface area contributed by atoms with Crippen LogP contribution in [0, 0.1) is 0 Å². The molecule has 2 aromatic rings. The van der Waals surface area contributed by atoms with Crippen molar-refractivity contribution in [1.29, 1.82) is 0 Å². The van der Waals surface area contributed by atoms with Crippen molar-refractivity contribution in [1.82, 2.24) is 10.9 Å². The number of hydrogen-bond acceptors (Lipinski definition) is 6. The van der Waals surface area contributed by atoms with Gasteiger partial charge >= 0.3 is 11.9 Å². The van der Waals surface area contributed by atoms with Gasteiger partial charge in [0.2, 0.25) is 0 Å². The molecular formula is C12H9ClN2O5S. The summed E-state index contributed by atoms with van der Waals surface area (Å²) in [6, 6.07) is 6.01. The average molecular weight is 329 g/mol. The number of ether oxygens (including phenoxy) is 1. The predicted octanol–water partition coefficient (Wildman–Crippen LogP) is 1.61. The Morgan fingerprint density at radius 1 is 1.24 bits per heavy atom. The number of furan rings is 1. The lowest BCUT2D eigenvalue weighted by Gasteiger charge is -2.06. The van der Waals surface area contributed by atoms with Crippen LogP contribution in [0.2, 0.25) is 4.34 Å². The smallest absolute Gasteiger partial charge is 0.348 e. The lowest BCUT2D eigenvalue weighted by atomic mass is 10.4. The molecule has 0 spiro atoms. The Morgan fingerprint density at radius 3 is 2.67 bits per heavy atom. The minimum absolute atomic E-state index is 0.0422. The van der Waals surface area contributed by atoms with Crippen molar-refractivity contribution in [3.63, 3.8) is 0 Å². The molecule has 0 aliphatic heterocycles. The van der Waals surface area contributed by atoms with Crippen LogP contribution in [-0.2, 0) is 9.53 Å². The fraction of sp³-hybridized carbons (Fsp3) is 0.0833. The summed E-state index contributed by atoms with van der Waals surface area (Å²) in [5.41, 5.74) is 4.19. The van der Waals surface area contributed by atoms with Crippen molar-refractivity contribution >= 4 is 40.7 Å². The summed E-state index contributed by atoms with van der Waals surface area (Å²) in [5, 5.41) is 0. The van der Waals surface area contributed by atoms with Crippen molar-refractivity contribution in [2.75, 3.05) is 6.61 Å². The number of thiophene rings is 1. The maximum absolute atomic E-state index is 11.5. The van der Waals surface area contributed by atoms with E-state index in [9.17, 15) is 14.4 Å². The van der Waals surface area contributed by atoms with E-state index >= 15 is 0 Å². The molecule has 2 heterocycles. The topological polar surface area (TPSA) is 97.6 Å². The van der Waals surface area contributed by atoms with Crippen LogP contribution in [0.15, 0.2) is 34.9 Å². The number of halogens is 1. The van der Waals surface area contributed by atoms with Gasteiger partial charge in [0.05, 0.1) is 10.6 Å². The van der Waals surface area contributed by atoms with E-state index in [2.05, 4.69) is 10.9 Å². The highest BCUT2D eigenvalue weighted by molar-refractivity contribution is 7.17. The lowest BCUT2D eigenvalue weighted by Crippen LogP contribution is -2.43. The van der Waals surface area contributed by atoms with E-state index in [0.717, 1.165) is 11.3 Å². The number of amides is 2. The Labute approximate surface area is 127 Å². The molecule has 7 nitrogen and oxygen atoms in total. The third-order valence-corrected chi connectivity index (χ3v) is 3.38. The van der Waals surface area contributed by atoms with Crippen LogP contribution in [0.1, 0.15) is 20.2 Å². The Hall–Kier alpha value is -2.32. The van der Waals surface area contributed by atoms with E-state index in [1.54, 1.807) is 6.07 Å². The van der Waals surface area contributed by atoms with E-state index in [4.69, 9.17) is 20.8 Å². The number of carbonyl (C=O) groups is 3. The first kappa shape index (κ1) is 15.1. The zero-order chi connectivity index (χ0) is 15.2. The van der Waals surface area contributed by atoms with Gasteiger partial charge in [-0.25, -0.2) is 4.79 Å². The van der Waals surface area contributed by atoms with Crippen molar-refractivity contribution in [2.45, 2.75) is 0 Å². The van der Waals surface area contributed by atoms with Gasteiger partial charge in [-0.3, -0.25) is 20.4 Å². The van der Waals surface area contributed by atoms with E-state index in [1.807, 2.05) is 0 Å². The van der Waals surface area contributed by atoms with E-state index in [0.29, 0.717) is 4.34 Å². The molecule has 2 aromatic heterocycles. The van der Waals surface area contributed by atoms with E-state index < -0.39 is 24.4 Å². The number of hydrazine groups is 1. The summed E-state index contributed by atoms with van der Waals surface area (Å²) in [5.74, 6) is -1.93. The van der Waals surface area contributed by atoms with Gasteiger partial charge < -0.3 is 9.15 Å². The van der Waals surface area contributed by atoms with Crippen molar-refractivity contribution in [3.05, 3.63) is 45.5 Å². The van der Waals surface area contributed by atoms with Gasteiger partial charge in [0.1, 0.15) is 4.88 Å². The van der Waals surface area contributed by atoms with Crippen LogP contribution >= 0.6 is 22.9 Å². The molecular weight excluding hydrogens is 320 g/mol. The molecule has 0 aromatic carbocycles. The second-order valence-corrected chi connectivity index (χ2v) is 5.37. The highest BCUT2D eigenvalue weighted by atomic mass is 35.5. The molecule has 0 saturated carbocycles. The van der Waals surface area contributed by atoms with Gasteiger partial charge in [0.15, 0.2) is 12.4 Å². The van der Waals surface area contributed by atoms with Crippen LogP contribution in [0.5, 0.6) is 0 Å². The molecule has 2 amide bonds. The van der Waals surface area contributed by atoms with Crippen LogP contribution in [0.4, 0.5) is 0 Å².